The summed E-state index contributed by atoms with van der Waals surface area (Å²) < 4.78 is 0. The van der Waals surface area contributed by atoms with Crippen molar-refractivity contribution in [1.82, 2.24) is 0 Å². The van der Waals surface area contributed by atoms with Gasteiger partial charge >= 0.3 is 0 Å². The molecule has 0 bridgehead atoms. The highest BCUT2D eigenvalue weighted by Crippen LogP contribution is 2.05. The average molecular weight is 318 g/mol. The van der Waals surface area contributed by atoms with Crippen LogP contribution in [-0.2, 0) is 0 Å². The van der Waals surface area contributed by atoms with Crippen molar-refractivity contribution in [2.24, 2.45) is 0 Å². The van der Waals surface area contributed by atoms with Crippen LogP contribution in [0.2, 0.25) is 0 Å². The van der Waals surface area contributed by atoms with Gasteiger partial charge in [-0.15, -0.1) is 0 Å². The molecule has 0 amide bonds. The molecule has 0 aliphatic heterocycles. The Morgan fingerprint density at radius 1 is 0.917 bits per heavy atom. The molecule has 0 aromatic heterocycles. The number of aryl methyl sites for hydroxylation is 1. The lowest BCUT2D eigenvalue weighted by atomic mass is 10.1. The van der Waals surface area contributed by atoms with E-state index in [0.29, 0.717) is 0 Å². The molecule has 2 aromatic rings. The van der Waals surface area contributed by atoms with Gasteiger partial charge in [0.2, 0.25) is 0 Å². The van der Waals surface area contributed by atoms with Crippen LogP contribution in [0.3, 0.4) is 0 Å². The third-order valence-corrected chi connectivity index (χ3v) is 3.34. The summed E-state index contributed by atoms with van der Waals surface area (Å²) >= 11 is 0. The molecule has 0 unspecified atom stereocenters. The number of rotatable bonds is 4. The van der Waals surface area contributed by atoms with Gasteiger partial charge in [0.25, 0.3) is 0 Å². The van der Waals surface area contributed by atoms with Crippen LogP contribution in [0, 0.1) is 6.92 Å². The van der Waals surface area contributed by atoms with Crippen molar-refractivity contribution in [3.8, 4) is 0 Å². The van der Waals surface area contributed by atoms with Crippen molar-refractivity contribution >= 4 is 11.9 Å². The molecule has 0 atom stereocenters. The Bertz CT molecular complexity index is 701. The van der Waals surface area contributed by atoms with Crippen molar-refractivity contribution in [1.29, 1.82) is 0 Å². The number of hydrogen-bond donors (Lipinski definition) is 0. The Labute approximate surface area is 146 Å². The zero-order valence-electron chi connectivity index (χ0n) is 15.0. The van der Waals surface area contributed by atoms with Crippen LogP contribution >= 0.6 is 0 Å². The molecule has 1 nitrogen and oxygen atoms in total. The summed E-state index contributed by atoms with van der Waals surface area (Å²) in [5.74, 6) is 0.121. The molecular weight excluding hydrogens is 292 g/mol. The van der Waals surface area contributed by atoms with Gasteiger partial charge in [-0.2, -0.15) is 0 Å². The smallest absolute Gasteiger partial charge is 0.159 e. The summed E-state index contributed by atoms with van der Waals surface area (Å²) in [4.78, 5) is 10.6. The minimum Gasteiger partial charge on any atom is -0.295 e. The highest BCUT2D eigenvalue weighted by Gasteiger charge is 1.92. The van der Waals surface area contributed by atoms with Gasteiger partial charge in [0.05, 0.1) is 0 Å². The third kappa shape index (κ3) is 8.09. The molecule has 2 rings (SSSR count). The lowest BCUT2D eigenvalue weighted by molar-refractivity contribution is 0.101. The van der Waals surface area contributed by atoms with Crippen molar-refractivity contribution in [3.05, 3.63) is 101 Å². The lowest BCUT2D eigenvalue weighted by Crippen LogP contribution is -1.88. The van der Waals surface area contributed by atoms with Gasteiger partial charge in [-0.3, -0.25) is 4.79 Å². The average Bonchev–Trinajstić information content (AvgIpc) is 2.58. The van der Waals surface area contributed by atoms with Crippen LogP contribution in [0.25, 0.3) is 6.08 Å². The molecule has 0 saturated carbocycles. The number of ketones is 1. The molecule has 0 heterocycles. The predicted octanol–water partition coefficient (Wildman–Crippen LogP) is 6.42. The monoisotopic (exact) mass is 318 g/mol. The minimum atomic E-state index is 0.121. The fraction of sp³-hybridized carbons (Fsp3) is 0.174. The van der Waals surface area contributed by atoms with Gasteiger partial charge in [-0.1, -0.05) is 96.1 Å². The van der Waals surface area contributed by atoms with E-state index in [-0.39, 0.29) is 5.78 Å². The van der Waals surface area contributed by atoms with E-state index in [4.69, 9.17) is 0 Å². The van der Waals surface area contributed by atoms with Crippen LogP contribution in [0.1, 0.15) is 42.3 Å². The van der Waals surface area contributed by atoms with Gasteiger partial charge in [-0.25, -0.2) is 0 Å². The zero-order valence-corrected chi connectivity index (χ0v) is 15.0. The van der Waals surface area contributed by atoms with Crippen molar-refractivity contribution in [2.45, 2.75) is 27.7 Å². The first-order valence-corrected chi connectivity index (χ1v) is 8.13. The summed E-state index contributed by atoms with van der Waals surface area (Å²) in [6.07, 6.45) is 10.5. The van der Waals surface area contributed by atoms with E-state index < -0.39 is 0 Å². The van der Waals surface area contributed by atoms with E-state index in [2.05, 4.69) is 62.4 Å². The summed E-state index contributed by atoms with van der Waals surface area (Å²) in [7, 11) is 0. The predicted molar refractivity (Wildman–Crippen MR) is 105 cm³/mol. The standard InChI is InChI=1S/C15H18.C8H8O/c1-4-6-13(2)7-5-8-15-11-9-14(3)10-12-15;1-7(9)8-5-3-2-4-6-8/h4-12H,1-3H3;2-6H,1H3/b6-4-,8-5+,13-7-;. The molecule has 1 heteroatoms. The molecule has 24 heavy (non-hydrogen) atoms. The number of carbonyl (C=O) groups excluding carboxylic acids is 1. The highest BCUT2D eigenvalue weighted by molar-refractivity contribution is 5.93. The first kappa shape index (κ1) is 19.4. The van der Waals surface area contributed by atoms with Gasteiger partial charge in [0, 0.05) is 5.56 Å². The largest absolute Gasteiger partial charge is 0.295 e. The number of hydrogen-bond acceptors (Lipinski definition) is 1. The maximum Gasteiger partial charge on any atom is 0.159 e. The Morgan fingerprint density at radius 2 is 1.54 bits per heavy atom. The normalized spacial score (nSPS) is 11.4. The van der Waals surface area contributed by atoms with Crippen LogP contribution in [0.15, 0.2) is 84.5 Å². The van der Waals surface area contributed by atoms with Gasteiger partial charge in [0.1, 0.15) is 0 Å². The summed E-state index contributed by atoms with van der Waals surface area (Å²) in [6.45, 7) is 7.79. The van der Waals surface area contributed by atoms with E-state index in [0.717, 1.165) is 5.56 Å². The lowest BCUT2D eigenvalue weighted by Gasteiger charge is -1.93. The van der Waals surface area contributed by atoms with Crippen LogP contribution < -0.4 is 0 Å². The molecule has 124 valence electrons. The Balaban J connectivity index is 0.000000272. The highest BCUT2D eigenvalue weighted by atomic mass is 16.1. The first-order chi connectivity index (χ1) is 11.5. The first-order valence-electron chi connectivity index (χ1n) is 8.13. The second-order valence-corrected chi connectivity index (χ2v) is 5.60. The summed E-state index contributed by atoms with van der Waals surface area (Å²) in [6, 6.07) is 17.7. The van der Waals surface area contributed by atoms with Crippen LogP contribution in [0.5, 0.6) is 0 Å². The van der Waals surface area contributed by atoms with Crippen LogP contribution in [-0.4, -0.2) is 5.78 Å². The summed E-state index contributed by atoms with van der Waals surface area (Å²) in [5, 5.41) is 0. The Hall–Kier alpha value is -2.67. The van der Waals surface area contributed by atoms with E-state index in [9.17, 15) is 4.79 Å². The molecule has 0 spiro atoms. The van der Waals surface area contributed by atoms with Gasteiger partial charge in [0.15, 0.2) is 5.78 Å². The van der Waals surface area contributed by atoms with E-state index in [1.165, 1.54) is 16.7 Å². The number of Topliss-reactive ketones (excluding diaryl/α,β-unsaturated/α-hetero) is 1. The molecule has 0 N–H and O–H groups in total. The number of allylic oxidation sites excluding steroid dienone is 5. The molecule has 0 radical (unpaired) electrons. The van der Waals surface area contributed by atoms with E-state index in [1.54, 1.807) is 6.92 Å². The molecule has 0 aliphatic carbocycles. The summed E-state index contributed by atoms with van der Waals surface area (Å²) in [5.41, 5.74) is 4.58. The quantitative estimate of drug-likeness (QED) is 0.469. The number of benzene rings is 2. The molecule has 2 aromatic carbocycles. The topological polar surface area (TPSA) is 17.1 Å². The van der Waals surface area contributed by atoms with E-state index >= 15 is 0 Å². The minimum absolute atomic E-state index is 0.121. The van der Waals surface area contributed by atoms with Gasteiger partial charge < -0.3 is 0 Å². The van der Waals surface area contributed by atoms with Crippen molar-refractivity contribution in [2.75, 3.05) is 0 Å². The van der Waals surface area contributed by atoms with E-state index in [1.807, 2.05) is 43.3 Å². The fourth-order valence-electron chi connectivity index (χ4n) is 1.98. The Kier molecular flexibility index (Phi) is 8.85. The maximum absolute atomic E-state index is 10.6. The molecular formula is C23H26O. The maximum atomic E-state index is 10.6. The number of carbonyl (C=O) groups is 1. The molecule has 0 saturated heterocycles. The SMILES string of the molecule is CC(=O)c1ccccc1.C\C=C/C(C)=C\C=C\c1ccc(C)cc1. The second kappa shape index (κ2) is 11.0. The fourth-order valence-corrected chi connectivity index (χ4v) is 1.98. The molecule has 0 aliphatic rings. The third-order valence-electron chi connectivity index (χ3n) is 3.34. The second-order valence-electron chi connectivity index (χ2n) is 5.60. The Morgan fingerprint density at radius 3 is 2.04 bits per heavy atom. The van der Waals surface area contributed by atoms with Gasteiger partial charge in [-0.05, 0) is 33.3 Å². The van der Waals surface area contributed by atoms with Crippen molar-refractivity contribution in [3.63, 3.8) is 0 Å². The molecule has 0 fully saturated rings. The van der Waals surface area contributed by atoms with Crippen LogP contribution in [0.4, 0.5) is 0 Å². The zero-order chi connectivity index (χ0) is 17.8. The van der Waals surface area contributed by atoms with Crippen molar-refractivity contribution < 1.29 is 4.79 Å².